The summed E-state index contributed by atoms with van der Waals surface area (Å²) in [5, 5.41) is 12.3. The number of rotatable bonds is 6. The van der Waals surface area contributed by atoms with Gasteiger partial charge >= 0.3 is 5.97 Å². The summed E-state index contributed by atoms with van der Waals surface area (Å²) in [4.78, 5) is 23.3. The molecule has 4 nitrogen and oxygen atoms in total. The highest BCUT2D eigenvalue weighted by atomic mass is 35.5. The summed E-state index contributed by atoms with van der Waals surface area (Å²) in [6, 6.07) is 11.2. The number of carboxylic acids is 1. The van der Waals surface area contributed by atoms with E-state index in [1.165, 1.54) is 24.3 Å². The highest BCUT2D eigenvalue weighted by Crippen LogP contribution is 2.11. The molecule has 0 saturated heterocycles. The van der Waals surface area contributed by atoms with Crippen molar-refractivity contribution in [3.63, 3.8) is 0 Å². The standard InChI is InChI=1S/C17H15ClFNO3/c18-13-5-1-11(2-6-13)9-15(17(22)23)20-16(21)10-12-3-7-14(19)8-4-12/h1-8,15H,9-10H2,(H,20,21)(H,22,23)/t15-/m0/s1. The van der Waals surface area contributed by atoms with Gasteiger partial charge in [-0.1, -0.05) is 35.9 Å². The zero-order valence-corrected chi connectivity index (χ0v) is 12.9. The molecule has 0 aliphatic carbocycles. The van der Waals surface area contributed by atoms with Gasteiger partial charge in [-0.25, -0.2) is 9.18 Å². The van der Waals surface area contributed by atoms with Crippen LogP contribution in [-0.4, -0.2) is 23.0 Å². The second-order valence-corrected chi connectivity index (χ2v) is 5.53. The molecule has 23 heavy (non-hydrogen) atoms. The van der Waals surface area contributed by atoms with Crippen LogP contribution in [0.2, 0.25) is 5.02 Å². The van der Waals surface area contributed by atoms with Crippen LogP contribution in [0.25, 0.3) is 0 Å². The van der Waals surface area contributed by atoms with E-state index in [9.17, 15) is 19.1 Å². The highest BCUT2D eigenvalue weighted by molar-refractivity contribution is 6.30. The Labute approximate surface area is 137 Å². The quantitative estimate of drug-likeness (QED) is 0.853. The summed E-state index contributed by atoms with van der Waals surface area (Å²) < 4.78 is 12.8. The molecule has 2 N–H and O–H groups in total. The summed E-state index contributed by atoms with van der Waals surface area (Å²) >= 11 is 5.78. The van der Waals surface area contributed by atoms with Crippen LogP contribution in [0.5, 0.6) is 0 Å². The number of carbonyl (C=O) groups is 2. The summed E-state index contributed by atoms with van der Waals surface area (Å²) in [5.41, 5.74) is 1.36. The van der Waals surface area contributed by atoms with Crippen LogP contribution in [0.1, 0.15) is 11.1 Å². The first-order valence-electron chi connectivity index (χ1n) is 6.95. The van der Waals surface area contributed by atoms with Gasteiger partial charge in [0.25, 0.3) is 0 Å². The van der Waals surface area contributed by atoms with E-state index in [1.807, 2.05) is 0 Å². The van der Waals surface area contributed by atoms with Crippen LogP contribution in [0.15, 0.2) is 48.5 Å². The Morgan fingerprint density at radius 1 is 1.04 bits per heavy atom. The summed E-state index contributed by atoms with van der Waals surface area (Å²) in [5.74, 6) is -1.94. The molecule has 0 spiro atoms. The molecular formula is C17H15ClFNO3. The van der Waals surface area contributed by atoms with Crippen LogP contribution >= 0.6 is 11.6 Å². The minimum atomic E-state index is -1.12. The smallest absolute Gasteiger partial charge is 0.326 e. The first-order valence-corrected chi connectivity index (χ1v) is 7.33. The van der Waals surface area contributed by atoms with Gasteiger partial charge in [-0.2, -0.15) is 0 Å². The van der Waals surface area contributed by atoms with Crippen LogP contribution in [0.3, 0.4) is 0 Å². The second-order valence-electron chi connectivity index (χ2n) is 5.09. The van der Waals surface area contributed by atoms with Crippen molar-refractivity contribution in [3.05, 3.63) is 70.5 Å². The van der Waals surface area contributed by atoms with Crippen molar-refractivity contribution in [1.29, 1.82) is 0 Å². The maximum atomic E-state index is 12.8. The fraction of sp³-hybridized carbons (Fsp3) is 0.176. The molecule has 0 saturated carbocycles. The van der Waals surface area contributed by atoms with Crippen LogP contribution in [-0.2, 0) is 22.4 Å². The highest BCUT2D eigenvalue weighted by Gasteiger charge is 2.20. The fourth-order valence-electron chi connectivity index (χ4n) is 2.09. The third-order valence-electron chi connectivity index (χ3n) is 3.26. The van der Waals surface area contributed by atoms with E-state index < -0.39 is 17.9 Å². The average Bonchev–Trinajstić information content (AvgIpc) is 2.51. The minimum absolute atomic E-state index is 0.00925. The first-order chi connectivity index (χ1) is 10.9. The van der Waals surface area contributed by atoms with Crippen LogP contribution < -0.4 is 5.32 Å². The molecular weight excluding hydrogens is 321 g/mol. The number of hydrogen-bond donors (Lipinski definition) is 2. The maximum absolute atomic E-state index is 12.8. The van der Waals surface area contributed by atoms with Gasteiger partial charge in [-0.15, -0.1) is 0 Å². The second kappa shape index (κ2) is 7.74. The molecule has 0 bridgehead atoms. The third-order valence-corrected chi connectivity index (χ3v) is 3.52. The van der Waals surface area contributed by atoms with Crippen molar-refractivity contribution in [2.24, 2.45) is 0 Å². The lowest BCUT2D eigenvalue weighted by atomic mass is 10.1. The minimum Gasteiger partial charge on any atom is -0.480 e. The molecule has 0 radical (unpaired) electrons. The number of halogens is 2. The number of aliphatic carboxylic acids is 1. The first kappa shape index (κ1) is 17.0. The third kappa shape index (κ3) is 5.38. The van der Waals surface area contributed by atoms with E-state index in [0.29, 0.717) is 10.6 Å². The number of carbonyl (C=O) groups excluding carboxylic acids is 1. The van der Waals surface area contributed by atoms with E-state index in [1.54, 1.807) is 24.3 Å². The summed E-state index contributed by atoms with van der Waals surface area (Å²) in [7, 11) is 0. The molecule has 0 fully saturated rings. The Balaban J connectivity index is 1.98. The number of nitrogens with one attached hydrogen (secondary N) is 1. The number of benzene rings is 2. The predicted molar refractivity (Wildman–Crippen MR) is 84.8 cm³/mol. The largest absolute Gasteiger partial charge is 0.480 e. The van der Waals surface area contributed by atoms with E-state index in [-0.39, 0.29) is 18.7 Å². The molecule has 0 unspecified atom stereocenters. The van der Waals surface area contributed by atoms with Crippen molar-refractivity contribution in [3.8, 4) is 0 Å². The zero-order chi connectivity index (χ0) is 16.8. The maximum Gasteiger partial charge on any atom is 0.326 e. The number of hydrogen-bond acceptors (Lipinski definition) is 2. The molecule has 6 heteroatoms. The van der Waals surface area contributed by atoms with Gasteiger partial charge in [0, 0.05) is 11.4 Å². The Hall–Kier alpha value is -2.40. The lowest BCUT2D eigenvalue weighted by Gasteiger charge is -2.15. The van der Waals surface area contributed by atoms with Gasteiger partial charge in [0.1, 0.15) is 11.9 Å². The Bertz CT molecular complexity index is 686. The Kier molecular flexibility index (Phi) is 5.71. The van der Waals surface area contributed by atoms with Crippen LogP contribution in [0.4, 0.5) is 4.39 Å². The van der Waals surface area contributed by atoms with E-state index in [2.05, 4.69) is 5.32 Å². The predicted octanol–water partition coefficient (Wildman–Crippen LogP) is 2.83. The topological polar surface area (TPSA) is 66.4 Å². The monoisotopic (exact) mass is 335 g/mol. The Morgan fingerprint density at radius 3 is 2.17 bits per heavy atom. The van der Waals surface area contributed by atoms with E-state index in [4.69, 9.17) is 11.6 Å². The molecule has 1 amide bonds. The fourth-order valence-corrected chi connectivity index (χ4v) is 2.22. The van der Waals surface area contributed by atoms with Crippen molar-refractivity contribution >= 4 is 23.5 Å². The van der Waals surface area contributed by atoms with Gasteiger partial charge in [0.05, 0.1) is 6.42 Å². The SMILES string of the molecule is O=C(Cc1ccc(F)cc1)N[C@@H](Cc1ccc(Cl)cc1)C(=O)O. The molecule has 0 aliphatic heterocycles. The van der Waals surface area contributed by atoms with Crippen molar-refractivity contribution in [2.45, 2.75) is 18.9 Å². The van der Waals surface area contributed by atoms with Crippen molar-refractivity contribution < 1.29 is 19.1 Å². The lowest BCUT2D eigenvalue weighted by molar-refractivity contribution is -0.141. The van der Waals surface area contributed by atoms with Crippen molar-refractivity contribution in [2.75, 3.05) is 0 Å². The van der Waals surface area contributed by atoms with Gasteiger partial charge in [-0.05, 0) is 35.4 Å². The molecule has 2 rings (SSSR count). The molecule has 120 valence electrons. The summed E-state index contributed by atoms with van der Waals surface area (Å²) in [6.45, 7) is 0. The Morgan fingerprint density at radius 2 is 1.61 bits per heavy atom. The number of carboxylic acid groups (broad SMARTS) is 1. The molecule has 2 aromatic rings. The average molecular weight is 336 g/mol. The summed E-state index contributed by atoms with van der Waals surface area (Å²) in [6.07, 6.45) is 0.145. The normalized spacial score (nSPS) is 11.7. The van der Waals surface area contributed by atoms with E-state index in [0.717, 1.165) is 5.56 Å². The van der Waals surface area contributed by atoms with Gasteiger partial charge in [-0.3, -0.25) is 4.79 Å². The molecule has 2 aromatic carbocycles. The molecule has 0 heterocycles. The van der Waals surface area contributed by atoms with Gasteiger partial charge < -0.3 is 10.4 Å². The molecule has 1 atom stereocenters. The van der Waals surface area contributed by atoms with Crippen LogP contribution in [0, 0.1) is 5.82 Å². The number of amides is 1. The zero-order valence-electron chi connectivity index (χ0n) is 12.1. The van der Waals surface area contributed by atoms with Crippen molar-refractivity contribution in [1.82, 2.24) is 5.32 Å². The lowest BCUT2D eigenvalue weighted by Crippen LogP contribution is -2.43. The molecule has 0 aliphatic rings. The van der Waals surface area contributed by atoms with Gasteiger partial charge in [0.2, 0.25) is 5.91 Å². The van der Waals surface area contributed by atoms with Gasteiger partial charge in [0.15, 0.2) is 0 Å². The molecule has 0 aromatic heterocycles. The van der Waals surface area contributed by atoms with E-state index >= 15 is 0 Å².